The molecule has 0 unspecified atom stereocenters. The number of para-hydroxylation sites is 1. The van der Waals surface area contributed by atoms with E-state index in [4.69, 9.17) is 4.74 Å². The fourth-order valence-electron chi connectivity index (χ4n) is 1.54. The molecule has 2 rings (SSSR count). The monoisotopic (exact) mass is 233 g/mol. The van der Waals surface area contributed by atoms with E-state index in [9.17, 15) is 9.18 Å². The first kappa shape index (κ1) is 11.4. The van der Waals surface area contributed by atoms with Crippen LogP contribution in [0.4, 0.5) is 4.39 Å². The van der Waals surface area contributed by atoms with E-state index in [0.29, 0.717) is 17.9 Å². The minimum Gasteiger partial charge on any atom is -0.462 e. The third-order valence-electron chi connectivity index (χ3n) is 2.33. The second-order valence-corrected chi connectivity index (χ2v) is 3.48. The minimum absolute atomic E-state index is 0.323. The van der Waals surface area contributed by atoms with Crippen LogP contribution in [0.2, 0.25) is 0 Å². The summed E-state index contributed by atoms with van der Waals surface area (Å²) in [5.41, 5.74) is 0.818. The largest absolute Gasteiger partial charge is 0.462 e. The van der Waals surface area contributed by atoms with Crippen LogP contribution in [0.3, 0.4) is 0 Å². The van der Waals surface area contributed by atoms with Crippen LogP contribution in [0.15, 0.2) is 42.7 Å². The van der Waals surface area contributed by atoms with Crippen molar-refractivity contribution in [1.29, 1.82) is 0 Å². The molecule has 0 amide bonds. The van der Waals surface area contributed by atoms with Gasteiger partial charge in [0.1, 0.15) is 5.82 Å². The van der Waals surface area contributed by atoms with Gasteiger partial charge in [-0.2, -0.15) is 0 Å². The Hall–Kier alpha value is -2.10. The SMILES string of the molecule is CCOC(=O)c1ccn(-c2ccccc2F)c1. The van der Waals surface area contributed by atoms with E-state index < -0.39 is 5.97 Å². The molecule has 2 aromatic rings. The number of nitrogens with zero attached hydrogens (tertiary/aromatic N) is 1. The van der Waals surface area contributed by atoms with Gasteiger partial charge >= 0.3 is 5.97 Å². The van der Waals surface area contributed by atoms with Gasteiger partial charge in [-0.05, 0) is 25.1 Å². The molecular weight excluding hydrogens is 221 g/mol. The van der Waals surface area contributed by atoms with E-state index >= 15 is 0 Å². The predicted molar refractivity (Wildman–Crippen MR) is 61.7 cm³/mol. The summed E-state index contributed by atoms with van der Waals surface area (Å²) >= 11 is 0. The van der Waals surface area contributed by atoms with Crippen molar-refractivity contribution in [3.05, 3.63) is 54.1 Å². The van der Waals surface area contributed by atoms with Gasteiger partial charge < -0.3 is 9.30 Å². The maximum Gasteiger partial charge on any atom is 0.339 e. The van der Waals surface area contributed by atoms with Gasteiger partial charge in [0, 0.05) is 12.4 Å². The van der Waals surface area contributed by atoms with Gasteiger partial charge in [0.25, 0.3) is 0 Å². The minimum atomic E-state index is -0.400. The zero-order chi connectivity index (χ0) is 12.3. The Morgan fingerprint density at radius 1 is 1.35 bits per heavy atom. The highest BCUT2D eigenvalue weighted by Crippen LogP contribution is 2.14. The molecule has 17 heavy (non-hydrogen) atoms. The molecule has 1 aromatic heterocycles. The molecule has 4 heteroatoms. The number of aromatic nitrogens is 1. The molecule has 0 radical (unpaired) electrons. The molecule has 1 aromatic carbocycles. The number of esters is 1. The Balaban J connectivity index is 2.30. The van der Waals surface area contributed by atoms with Crippen LogP contribution in [-0.2, 0) is 4.74 Å². The Morgan fingerprint density at radius 2 is 2.12 bits per heavy atom. The molecule has 0 saturated carbocycles. The number of carbonyl (C=O) groups excluding carboxylic acids is 1. The zero-order valence-corrected chi connectivity index (χ0v) is 9.39. The molecule has 0 aliphatic carbocycles. The molecule has 0 fully saturated rings. The van der Waals surface area contributed by atoms with E-state index in [1.807, 2.05) is 0 Å². The molecule has 1 heterocycles. The second-order valence-electron chi connectivity index (χ2n) is 3.48. The highest BCUT2D eigenvalue weighted by molar-refractivity contribution is 5.89. The van der Waals surface area contributed by atoms with Gasteiger partial charge in [-0.3, -0.25) is 0 Å². The van der Waals surface area contributed by atoms with Crippen LogP contribution in [0, 0.1) is 5.82 Å². The van der Waals surface area contributed by atoms with E-state index in [2.05, 4.69) is 0 Å². The molecule has 3 nitrogen and oxygen atoms in total. The van der Waals surface area contributed by atoms with Crippen LogP contribution >= 0.6 is 0 Å². The van der Waals surface area contributed by atoms with E-state index in [1.165, 1.54) is 6.07 Å². The van der Waals surface area contributed by atoms with Gasteiger partial charge in [-0.15, -0.1) is 0 Å². The molecule has 0 saturated heterocycles. The molecule has 0 bridgehead atoms. The third-order valence-corrected chi connectivity index (χ3v) is 2.33. The fraction of sp³-hybridized carbons (Fsp3) is 0.154. The number of hydrogen-bond acceptors (Lipinski definition) is 2. The van der Waals surface area contributed by atoms with Crippen molar-refractivity contribution in [3.63, 3.8) is 0 Å². The Labute approximate surface area is 98.4 Å². The first-order valence-corrected chi connectivity index (χ1v) is 5.32. The summed E-state index contributed by atoms with van der Waals surface area (Å²) in [7, 11) is 0. The molecule has 0 N–H and O–H groups in total. The number of rotatable bonds is 3. The lowest BCUT2D eigenvalue weighted by molar-refractivity contribution is 0.0526. The number of hydrogen-bond donors (Lipinski definition) is 0. The summed E-state index contributed by atoms with van der Waals surface area (Å²) in [6, 6.07) is 7.98. The lowest BCUT2D eigenvalue weighted by atomic mass is 10.3. The Kier molecular flexibility index (Phi) is 3.23. The highest BCUT2D eigenvalue weighted by atomic mass is 19.1. The van der Waals surface area contributed by atoms with Crippen LogP contribution in [0.5, 0.6) is 0 Å². The van der Waals surface area contributed by atoms with Crippen LogP contribution in [-0.4, -0.2) is 17.1 Å². The lowest BCUT2D eigenvalue weighted by Gasteiger charge is -2.03. The summed E-state index contributed by atoms with van der Waals surface area (Å²) in [4.78, 5) is 11.4. The smallest absolute Gasteiger partial charge is 0.339 e. The Morgan fingerprint density at radius 3 is 2.82 bits per heavy atom. The standard InChI is InChI=1S/C13H12FNO2/c1-2-17-13(16)10-7-8-15(9-10)12-6-4-3-5-11(12)14/h3-9H,2H2,1H3. The third kappa shape index (κ3) is 2.36. The van der Waals surface area contributed by atoms with Crippen molar-refractivity contribution in [1.82, 2.24) is 4.57 Å². The van der Waals surface area contributed by atoms with Crippen molar-refractivity contribution in [2.45, 2.75) is 6.92 Å². The molecule has 88 valence electrons. The van der Waals surface area contributed by atoms with Crippen molar-refractivity contribution < 1.29 is 13.9 Å². The molecule has 0 spiro atoms. The normalized spacial score (nSPS) is 10.2. The van der Waals surface area contributed by atoms with Crippen LogP contribution in [0.25, 0.3) is 5.69 Å². The van der Waals surface area contributed by atoms with Gasteiger partial charge in [0.05, 0.1) is 17.9 Å². The molecular formula is C13H12FNO2. The van der Waals surface area contributed by atoms with Crippen molar-refractivity contribution >= 4 is 5.97 Å². The quantitative estimate of drug-likeness (QED) is 0.763. The van der Waals surface area contributed by atoms with Crippen molar-refractivity contribution in [3.8, 4) is 5.69 Å². The maximum atomic E-state index is 13.5. The van der Waals surface area contributed by atoms with Gasteiger partial charge in [-0.25, -0.2) is 9.18 Å². The van der Waals surface area contributed by atoms with E-state index in [1.54, 1.807) is 48.1 Å². The fourth-order valence-corrected chi connectivity index (χ4v) is 1.54. The lowest BCUT2D eigenvalue weighted by Crippen LogP contribution is -2.03. The van der Waals surface area contributed by atoms with Crippen molar-refractivity contribution in [2.24, 2.45) is 0 Å². The average molecular weight is 233 g/mol. The Bertz CT molecular complexity index is 534. The average Bonchev–Trinajstić information content (AvgIpc) is 2.79. The number of ether oxygens (including phenoxy) is 1. The van der Waals surface area contributed by atoms with E-state index in [-0.39, 0.29) is 5.82 Å². The first-order valence-electron chi connectivity index (χ1n) is 5.32. The molecule has 0 aliphatic heterocycles. The maximum absolute atomic E-state index is 13.5. The topological polar surface area (TPSA) is 31.2 Å². The number of benzene rings is 1. The van der Waals surface area contributed by atoms with Crippen LogP contribution in [0.1, 0.15) is 17.3 Å². The summed E-state index contributed by atoms with van der Waals surface area (Å²) < 4.78 is 19.9. The van der Waals surface area contributed by atoms with Gasteiger partial charge in [0.2, 0.25) is 0 Å². The van der Waals surface area contributed by atoms with Gasteiger partial charge in [-0.1, -0.05) is 12.1 Å². The van der Waals surface area contributed by atoms with Crippen molar-refractivity contribution in [2.75, 3.05) is 6.61 Å². The van der Waals surface area contributed by atoms with E-state index in [0.717, 1.165) is 0 Å². The van der Waals surface area contributed by atoms with Gasteiger partial charge in [0.15, 0.2) is 0 Å². The molecule has 0 atom stereocenters. The summed E-state index contributed by atoms with van der Waals surface area (Å²) in [5.74, 6) is -0.735. The summed E-state index contributed by atoms with van der Waals surface area (Å²) in [6.07, 6.45) is 3.18. The van der Waals surface area contributed by atoms with Crippen LogP contribution < -0.4 is 0 Å². The summed E-state index contributed by atoms with van der Waals surface area (Å²) in [5, 5.41) is 0. The number of halogens is 1. The second kappa shape index (κ2) is 4.82. The predicted octanol–water partition coefficient (Wildman–Crippen LogP) is 2.79. The first-order chi connectivity index (χ1) is 8.22. The summed E-state index contributed by atoms with van der Waals surface area (Å²) in [6.45, 7) is 2.06. The highest BCUT2D eigenvalue weighted by Gasteiger charge is 2.10. The number of carbonyl (C=O) groups is 1. The molecule has 0 aliphatic rings. The zero-order valence-electron chi connectivity index (χ0n) is 9.39.